The highest BCUT2D eigenvalue weighted by Crippen LogP contribution is 2.22. The normalized spacial score (nSPS) is 12.0. The monoisotopic (exact) mass is 518 g/mol. The highest BCUT2D eigenvalue weighted by Gasteiger charge is 2.10. The van der Waals surface area contributed by atoms with E-state index >= 15 is 0 Å². The summed E-state index contributed by atoms with van der Waals surface area (Å²) in [6.07, 6.45) is 3.42. The molecule has 7 heteroatoms. The minimum absolute atomic E-state index is 0. The molecule has 1 heterocycles. The number of nitrogens with one attached hydrogen (secondary N) is 2. The number of hydrogen-bond donors (Lipinski definition) is 2. The number of guanidine groups is 1. The van der Waals surface area contributed by atoms with E-state index in [1.165, 1.54) is 5.56 Å². The van der Waals surface area contributed by atoms with Crippen LogP contribution in [-0.2, 0) is 0 Å². The molecule has 2 N–H and O–H groups in total. The van der Waals surface area contributed by atoms with Crippen molar-refractivity contribution in [1.82, 2.24) is 15.6 Å². The molecule has 5 nitrogen and oxygen atoms in total. The van der Waals surface area contributed by atoms with E-state index in [9.17, 15) is 0 Å². The summed E-state index contributed by atoms with van der Waals surface area (Å²) in [4.78, 5) is 8.58. The second kappa shape index (κ2) is 12.1. The van der Waals surface area contributed by atoms with Gasteiger partial charge in [-0.2, -0.15) is 0 Å². The van der Waals surface area contributed by atoms with E-state index in [1.54, 1.807) is 12.4 Å². The molecular formula is C18H24BrIN4O. The average Bonchev–Trinajstić information content (AvgIpc) is 2.60. The number of aromatic nitrogens is 1. The second-order valence-electron chi connectivity index (χ2n) is 5.19. The second-order valence-corrected chi connectivity index (χ2v) is 6.04. The Labute approximate surface area is 174 Å². The minimum Gasteiger partial charge on any atom is -0.490 e. The van der Waals surface area contributed by atoms with Crippen LogP contribution in [0.3, 0.4) is 0 Å². The molecular weight excluding hydrogens is 495 g/mol. The molecule has 25 heavy (non-hydrogen) atoms. The summed E-state index contributed by atoms with van der Waals surface area (Å²) in [5, 5.41) is 6.67. The van der Waals surface area contributed by atoms with Crippen molar-refractivity contribution in [3.63, 3.8) is 0 Å². The zero-order valence-corrected chi connectivity index (χ0v) is 18.3. The first-order valence-electron chi connectivity index (χ1n) is 8.02. The fourth-order valence-electron chi connectivity index (χ4n) is 2.18. The largest absolute Gasteiger partial charge is 0.490 e. The van der Waals surface area contributed by atoms with E-state index in [-0.39, 0.29) is 30.0 Å². The topological polar surface area (TPSA) is 58.5 Å². The molecule has 0 aliphatic heterocycles. The molecule has 0 spiro atoms. The molecule has 0 aliphatic carbocycles. The number of rotatable bonds is 7. The average molecular weight is 519 g/mol. The highest BCUT2D eigenvalue weighted by molar-refractivity contribution is 14.0. The van der Waals surface area contributed by atoms with Gasteiger partial charge in [0.15, 0.2) is 5.96 Å². The number of ether oxygens (including phenoxy) is 1. The number of pyridine rings is 1. The molecule has 0 saturated heterocycles. The van der Waals surface area contributed by atoms with Gasteiger partial charge in [0.2, 0.25) is 0 Å². The molecule has 0 amide bonds. The van der Waals surface area contributed by atoms with Gasteiger partial charge < -0.3 is 15.4 Å². The zero-order chi connectivity index (χ0) is 17.2. The lowest BCUT2D eigenvalue weighted by molar-refractivity contribution is 0.327. The van der Waals surface area contributed by atoms with Crippen LogP contribution in [0.25, 0.3) is 0 Å². The summed E-state index contributed by atoms with van der Waals surface area (Å²) in [5.41, 5.74) is 1.19. The van der Waals surface area contributed by atoms with Crippen LogP contribution in [0, 0.1) is 0 Å². The predicted molar refractivity (Wildman–Crippen MR) is 117 cm³/mol. The quantitative estimate of drug-likeness (QED) is 0.250. The first-order valence-corrected chi connectivity index (χ1v) is 8.82. The number of hydrogen-bond acceptors (Lipinski definition) is 3. The SMILES string of the molecule is CCNC(=NCCOc1cccnc1)NC(C)c1ccccc1Br.I. The van der Waals surface area contributed by atoms with Crippen molar-refractivity contribution in [1.29, 1.82) is 0 Å². The van der Waals surface area contributed by atoms with Crippen LogP contribution in [0.1, 0.15) is 25.5 Å². The van der Waals surface area contributed by atoms with Gasteiger partial charge in [0.1, 0.15) is 12.4 Å². The Kier molecular flexibility index (Phi) is 10.5. The van der Waals surface area contributed by atoms with Crippen molar-refractivity contribution in [3.05, 3.63) is 58.8 Å². The molecule has 2 rings (SSSR count). The Bertz CT molecular complexity index is 655. The number of benzene rings is 1. The van der Waals surface area contributed by atoms with Gasteiger partial charge in [-0.25, -0.2) is 4.99 Å². The predicted octanol–water partition coefficient (Wildman–Crippen LogP) is 4.16. The van der Waals surface area contributed by atoms with Crippen molar-refractivity contribution in [2.45, 2.75) is 19.9 Å². The summed E-state index contributed by atoms with van der Waals surface area (Å²) in [6.45, 7) is 6.03. The van der Waals surface area contributed by atoms with Crippen molar-refractivity contribution in [3.8, 4) is 5.75 Å². The third-order valence-electron chi connectivity index (χ3n) is 3.33. The van der Waals surface area contributed by atoms with Crippen molar-refractivity contribution in [2.24, 2.45) is 4.99 Å². The minimum atomic E-state index is 0. The van der Waals surface area contributed by atoms with Gasteiger partial charge in [0.05, 0.1) is 18.8 Å². The third kappa shape index (κ3) is 7.60. The highest BCUT2D eigenvalue weighted by atomic mass is 127. The van der Waals surface area contributed by atoms with Crippen molar-refractivity contribution < 1.29 is 4.74 Å². The van der Waals surface area contributed by atoms with Gasteiger partial charge in [0.25, 0.3) is 0 Å². The number of nitrogens with zero attached hydrogens (tertiary/aromatic N) is 2. The standard InChI is InChI=1S/C18H23BrN4O.HI/c1-3-21-18(22-11-12-24-15-7-6-10-20-13-15)23-14(2)16-8-4-5-9-17(16)19;/h4-10,13-14H,3,11-12H2,1-2H3,(H2,21,22,23);1H. The van der Waals surface area contributed by atoms with E-state index in [2.05, 4.69) is 49.5 Å². The lowest BCUT2D eigenvalue weighted by Gasteiger charge is -2.19. The van der Waals surface area contributed by atoms with Crippen molar-refractivity contribution >= 4 is 45.9 Å². The van der Waals surface area contributed by atoms with Crippen molar-refractivity contribution in [2.75, 3.05) is 19.7 Å². The lowest BCUT2D eigenvalue weighted by atomic mass is 10.1. The van der Waals surface area contributed by atoms with E-state index < -0.39 is 0 Å². The molecule has 1 unspecified atom stereocenters. The Morgan fingerprint density at radius 3 is 2.76 bits per heavy atom. The summed E-state index contributed by atoms with van der Waals surface area (Å²) in [7, 11) is 0. The maximum Gasteiger partial charge on any atom is 0.191 e. The van der Waals surface area contributed by atoms with Gasteiger partial charge in [0, 0.05) is 17.2 Å². The summed E-state index contributed by atoms with van der Waals surface area (Å²) in [5.74, 6) is 1.53. The Morgan fingerprint density at radius 2 is 2.08 bits per heavy atom. The first-order chi connectivity index (χ1) is 11.7. The molecule has 136 valence electrons. The molecule has 1 atom stereocenters. The van der Waals surface area contributed by atoms with Crippen LogP contribution in [0.5, 0.6) is 5.75 Å². The van der Waals surface area contributed by atoms with Gasteiger partial charge in [-0.15, -0.1) is 24.0 Å². The molecule has 0 fully saturated rings. The lowest BCUT2D eigenvalue weighted by Crippen LogP contribution is -2.39. The van der Waals surface area contributed by atoms with E-state index in [1.807, 2.05) is 37.3 Å². The van der Waals surface area contributed by atoms with E-state index in [0.717, 1.165) is 22.7 Å². The van der Waals surface area contributed by atoms with Gasteiger partial charge >= 0.3 is 0 Å². The molecule has 1 aromatic heterocycles. The Hall–Kier alpha value is -1.35. The van der Waals surface area contributed by atoms with E-state index in [0.29, 0.717) is 13.2 Å². The molecule has 0 aliphatic rings. The van der Waals surface area contributed by atoms with Crippen LogP contribution in [0.4, 0.5) is 0 Å². The van der Waals surface area contributed by atoms with Crippen LogP contribution in [-0.4, -0.2) is 30.6 Å². The van der Waals surface area contributed by atoms with Crippen LogP contribution in [0.2, 0.25) is 0 Å². The molecule has 0 radical (unpaired) electrons. The summed E-state index contributed by atoms with van der Waals surface area (Å²) >= 11 is 3.59. The summed E-state index contributed by atoms with van der Waals surface area (Å²) in [6, 6.07) is 12.0. The number of halogens is 2. The van der Waals surface area contributed by atoms with Gasteiger partial charge in [-0.3, -0.25) is 4.98 Å². The van der Waals surface area contributed by atoms with Gasteiger partial charge in [-0.05, 0) is 37.6 Å². The fraction of sp³-hybridized carbons (Fsp3) is 0.333. The maximum absolute atomic E-state index is 5.61. The number of aliphatic imine (C=N–C) groups is 1. The Morgan fingerprint density at radius 1 is 1.28 bits per heavy atom. The van der Waals surface area contributed by atoms with Crippen LogP contribution in [0.15, 0.2) is 58.3 Å². The molecule has 0 bridgehead atoms. The maximum atomic E-state index is 5.61. The van der Waals surface area contributed by atoms with Gasteiger partial charge in [-0.1, -0.05) is 34.1 Å². The Balaban J connectivity index is 0.00000312. The van der Waals surface area contributed by atoms with Crippen LogP contribution < -0.4 is 15.4 Å². The summed E-state index contributed by atoms with van der Waals surface area (Å²) < 4.78 is 6.69. The third-order valence-corrected chi connectivity index (χ3v) is 4.06. The molecule has 0 saturated carbocycles. The molecule has 2 aromatic rings. The fourth-order valence-corrected chi connectivity index (χ4v) is 2.81. The zero-order valence-electron chi connectivity index (χ0n) is 14.4. The first kappa shape index (κ1) is 21.7. The van der Waals surface area contributed by atoms with Crippen LogP contribution >= 0.6 is 39.9 Å². The smallest absolute Gasteiger partial charge is 0.191 e. The molecule has 1 aromatic carbocycles. The van der Waals surface area contributed by atoms with E-state index in [4.69, 9.17) is 4.74 Å².